The second kappa shape index (κ2) is 5.49. The van der Waals surface area contributed by atoms with Gasteiger partial charge in [0, 0.05) is 11.2 Å². The molecule has 8 heteroatoms. The van der Waals surface area contributed by atoms with E-state index < -0.39 is 0 Å². The van der Waals surface area contributed by atoms with Crippen molar-refractivity contribution in [1.82, 2.24) is 30.0 Å². The molecule has 20 heavy (non-hydrogen) atoms. The summed E-state index contributed by atoms with van der Waals surface area (Å²) in [6, 6.07) is 7.48. The van der Waals surface area contributed by atoms with E-state index in [1.807, 2.05) is 37.4 Å². The van der Waals surface area contributed by atoms with Crippen LogP contribution in [0.3, 0.4) is 0 Å². The lowest BCUT2D eigenvalue weighted by atomic mass is 10.3. The molecule has 0 aliphatic rings. The van der Waals surface area contributed by atoms with Gasteiger partial charge in [0.15, 0.2) is 0 Å². The third-order valence-electron chi connectivity index (χ3n) is 2.74. The van der Waals surface area contributed by atoms with Gasteiger partial charge in [-0.2, -0.15) is 9.90 Å². The predicted molar refractivity (Wildman–Crippen MR) is 83.8 cm³/mol. The van der Waals surface area contributed by atoms with E-state index in [1.54, 1.807) is 9.48 Å². The lowest BCUT2D eigenvalue weighted by molar-refractivity contribution is 0.553. The van der Waals surface area contributed by atoms with Crippen molar-refractivity contribution < 1.29 is 0 Å². The van der Waals surface area contributed by atoms with Gasteiger partial charge in [-0.15, -0.1) is 10.2 Å². The fourth-order valence-electron chi connectivity index (χ4n) is 1.71. The molecule has 0 spiro atoms. The number of tetrazole rings is 1. The van der Waals surface area contributed by atoms with E-state index in [4.69, 9.17) is 11.6 Å². The van der Waals surface area contributed by atoms with E-state index in [9.17, 15) is 0 Å². The molecular weight excluding hydrogens is 391 g/mol. The Hall–Kier alpha value is -1.48. The number of aryl methyl sites for hydroxylation is 1. The number of rotatable bonds is 3. The Morgan fingerprint density at radius 2 is 1.95 bits per heavy atom. The Morgan fingerprint density at radius 3 is 2.60 bits per heavy atom. The molecule has 0 saturated carbocycles. The van der Waals surface area contributed by atoms with Gasteiger partial charge in [-0.25, -0.2) is 4.68 Å². The molecule has 0 bridgehead atoms. The van der Waals surface area contributed by atoms with E-state index in [-0.39, 0.29) is 0 Å². The van der Waals surface area contributed by atoms with Crippen LogP contribution in [-0.2, 0) is 6.54 Å². The maximum absolute atomic E-state index is 5.89. The fraction of sp³-hybridized carbons (Fsp3) is 0.167. The van der Waals surface area contributed by atoms with Gasteiger partial charge in [-0.05, 0) is 59.0 Å². The Bertz CT molecular complexity index is 733. The third kappa shape index (κ3) is 2.55. The summed E-state index contributed by atoms with van der Waals surface area (Å²) in [6.45, 7) is 2.66. The van der Waals surface area contributed by atoms with Crippen LogP contribution in [0.1, 0.15) is 6.92 Å². The first kappa shape index (κ1) is 13.5. The first-order valence-electron chi connectivity index (χ1n) is 5.96. The van der Waals surface area contributed by atoms with Gasteiger partial charge >= 0.3 is 0 Å². The van der Waals surface area contributed by atoms with E-state index in [0.717, 1.165) is 15.0 Å². The molecule has 2 aromatic heterocycles. The zero-order chi connectivity index (χ0) is 14.1. The van der Waals surface area contributed by atoms with Crippen LogP contribution in [0.25, 0.3) is 17.1 Å². The first-order valence-corrected chi connectivity index (χ1v) is 7.42. The van der Waals surface area contributed by atoms with Crippen molar-refractivity contribution in [3.8, 4) is 17.1 Å². The molecule has 0 unspecified atom stereocenters. The summed E-state index contributed by atoms with van der Waals surface area (Å²) in [5.41, 5.74) is 1.79. The molecule has 6 nitrogen and oxygen atoms in total. The van der Waals surface area contributed by atoms with Crippen LogP contribution in [0.4, 0.5) is 0 Å². The number of hydrogen-bond donors (Lipinski definition) is 0. The minimum Gasteiger partial charge on any atom is -0.239 e. The van der Waals surface area contributed by atoms with Crippen molar-refractivity contribution in [2.45, 2.75) is 13.5 Å². The normalized spacial score (nSPS) is 10.9. The van der Waals surface area contributed by atoms with Gasteiger partial charge < -0.3 is 0 Å². The summed E-state index contributed by atoms with van der Waals surface area (Å²) < 4.78 is 2.60. The van der Waals surface area contributed by atoms with Crippen molar-refractivity contribution in [1.29, 1.82) is 0 Å². The van der Waals surface area contributed by atoms with Gasteiger partial charge in [0.25, 0.3) is 0 Å². The molecule has 0 aliphatic heterocycles. The monoisotopic (exact) mass is 400 g/mol. The second-order valence-corrected chi connectivity index (χ2v) is 5.51. The maximum Gasteiger partial charge on any atom is 0.209 e. The molecule has 0 N–H and O–H groups in total. The van der Waals surface area contributed by atoms with Gasteiger partial charge in [0.05, 0.1) is 17.8 Å². The molecule has 102 valence electrons. The van der Waals surface area contributed by atoms with Gasteiger partial charge in [0.2, 0.25) is 5.82 Å². The van der Waals surface area contributed by atoms with Crippen molar-refractivity contribution in [2.75, 3.05) is 0 Å². The fourth-order valence-corrected chi connectivity index (χ4v) is 2.45. The molecule has 3 rings (SSSR count). The molecule has 0 atom stereocenters. The zero-order valence-corrected chi connectivity index (χ0v) is 13.4. The molecule has 0 radical (unpaired) electrons. The van der Waals surface area contributed by atoms with E-state index in [2.05, 4.69) is 43.1 Å². The highest BCUT2D eigenvalue weighted by Gasteiger charge is 2.14. The van der Waals surface area contributed by atoms with E-state index >= 15 is 0 Å². The molecule has 0 amide bonds. The zero-order valence-electron chi connectivity index (χ0n) is 10.5. The molecule has 0 fully saturated rings. The first-order chi connectivity index (χ1) is 9.67. The van der Waals surface area contributed by atoms with Crippen molar-refractivity contribution in [2.24, 2.45) is 0 Å². The summed E-state index contributed by atoms with van der Waals surface area (Å²) in [4.78, 5) is 1.55. The molecule has 2 heterocycles. The van der Waals surface area contributed by atoms with E-state index in [1.165, 1.54) is 0 Å². The standard InChI is InChI=1S/C12H10ClIN6/c1-2-20-17-12(15-18-20)10-7-19(16-11(10)14)9-5-3-8(13)4-6-9/h3-7H,2H2,1H3. The Balaban J connectivity index is 2.00. The lowest BCUT2D eigenvalue weighted by Gasteiger charge is -1.99. The molecule has 0 aliphatic carbocycles. The van der Waals surface area contributed by atoms with Crippen LogP contribution >= 0.6 is 34.2 Å². The quantitative estimate of drug-likeness (QED) is 0.634. The van der Waals surface area contributed by atoms with Crippen LogP contribution in [0.2, 0.25) is 5.02 Å². The minimum absolute atomic E-state index is 0.580. The topological polar surface area (TPSA) is 61.4 Å². The van der Waals surface area contributed by atoms with Crippen LogP contribution in [0.15, 0.2) is 30.5 Å². The predicted octanol–water partition coefficient (Wildman–Crippen LogP) is 2.80. The summed E-state index contributed by atoms with van der Waals surface area (Å²) in [7, 11) is 0. The summed E-state index contributed by atoms with van der Waals surface area (Å²) in [5.74, 6) is 0.580. The van der Waals surface area contributed by atoms with Crippen LogP contribution in [0, 0.1) is 3.70 Å². The average molecular weight is 401 g/mol. The van der Waals surface area contributed by atoms with Crippen molar-refractivity contribution in [3.63, 3.8) is 0 Å². The largest absolute Gasteiger partial charge is 0.239 e. The second-order valence-electron chi connectivity index (χ2n) is 4.06. The molecule has 0 saturated heterocycles. The Kier molecular flexibility index (Phi) is 3.70. The molecular formula is C12H10ClIN6. The van der Waals surface area contributed by atoms with Gasteiger partial charge in [-0.1, -0.05) is 11.6 Å². The SMILES string of the molecule is CCn1nnc(-c2cn(-c3ccc(Cl)cc3)nc2I)n1. The van der Waals surface area contributed by atoms with Crippen molar-refractivity contribution >= 4 is 34.2 Å². The average Bonchev–Trinajstić information content (AvgIpc) is 3.05. The third-order valence-corrected chi connectivity index (χ3v) is 3.79. The highest BCUT2D eigenvalue weighted by molar-refractivity contribution is 14.1. The molecule has 3 aromatic rings. The Labute approximate surface area is 133 Å². The smallest absolute Gasteiger partial charge is 0.209 e. The number of aromatic nitrogens is 6. The maximum atomic E-state index is 5.89. The van der Waals surface area contributed by atoms with Crippen LogP contribution in [0.5, 0.6) is 0 Å². The number of benzene rings is 1. The number of hydrogen-bond acceptors (Lipinski definition) is 4. The highest BCUT2D eigenvalue weighted by atomic mass is 127. The van der Waals surface area contributed by atoms with Crippen LogP contribution in [-0.4, -0.2) is 30.0 Å². The van der Waals surface area contributed by atoms with E-state index in [0.29, 0.717) is 17.4 Å². The Morgan fingerprint density at radius 1 is 1.20 bits per heavy atom. The number of nitrogens with zero attached hydrogens (tertiary/aromatic N) is 6. The highest BCUT2D eigenvalue weighted by Crippen LogP contribution is 2.22. The van der Waals surface area contributed by atoms with Gasteiger partial charge in [-0.3, -0.25) is 0 Å². The number of halogens is 2. The summed E-state index contributed by atoms with van der Waals surface area (Å²) >= 11 is 8.05. The van der Waals surface area contributed by atoms with Crippen molar-refractivity contribution in [3.05, 3.63) is 39.2 Å². The van der Waals surface area contributed by atoms with Crippen LogP contribution < -0.4 is 0 Å². The summed E-state index contributed by atoms with van der Waals surface area (Å²) in [6.07, 6.45) is 1.89. The summed E-state index contributed by atoms with van der Waals surface area (Å²) in [5, 5.41) is 17.5. The minimum atomic E-state index is 0.580. The molecule has 1 aromatic carbocycles. The lowest BCUT2D eigenvalue weighted by Crippen LogP contribution is -1.98. The van der Waals surface area contributed by atoms with Gasteiger partial charge in [0.1, 0.15) is 3.70 Å².